The molecule has 1 aromatic heterocycles. The fraction of sp³-hybridized carbons (Fsp3) is 0.682. The van der Waals surface area contributed by atoms with Crippen LogP contribution in [0.25, 0.3) is 10.4 Å². The molecule has 10 heteroatoms. The number of anilines is 2. The molecule has 2 rings (SSSR count). The molecule has 1 saturated heterocycles. The van der Waals surface area contributed by atoms with Crippen molar-refractivity contribution in [2.75, 3.05) is 22.9 Å². The monoisotopic (exact) mass is 446 g/mol. The molecule has 10 nitrogen and oxygen atoms in total. The zero-order valence-corrected chi connectivity index (χ0v) is 20.2. The highest BCUT2D eigenvalue weighted by Crippen LogP contribution is 2.35. The summed E-state index contributed by atoms with van der Waals surface area (Å²) in [6.07, 6.45) is 1.38. The summed E-state index contributed by atoms with van der Waals surface area (Å²) in [6.45, 7) is 15.6. The summed E-state index contributed by atoms with van der Waals surface area (Å²) in [4.78, 5) is 36.3. The number of pyridine rings is 1. The molecule has 1 aliphatic heterocycles. The van der Waals surface area contributed by atoms with Gasteiger partial charge < -0.3 is 14.4 Å². The maximum Gasteiger partial charge on any atom is 0.424 e. The summed E-state index contributed by atoms with van der Waals surface area (Å²) in [5.74, 6) is 0.152. The molecule has 1 fully saturated rings. The van der Waals surface area contributed by atoms with Crippen molar-refractivity contribution in [3.8, 4) is 0 Å². The number of hydrogen-bond acceptors (Lipinski definition) is 7. The van der Waals surface area contributed by atoms with E-state index in [0.29, 0.717) is 18.8 Å². The summed E-state index contributed by atoms with van der Waals surface area (Å²) in [5, 5.41) is 3.95. The third kappa shape index (κ3) is 6.50. The van der Waals surface area contributed by atoms with E-state index in [9.17, 15) is 9.59 Å². The summed E-state index contributed by atoms with van der Waals surface area (Å²) in [7, 11) is 0. The van der Waals surface area contributed by atoms with Crippen molar-refractivity contribution in [1.29, 1.82) is 0 Å². The van der Waals surface area contributed by atoms with E-state index in [4.69, 9.17) is 15.0 Å². The Balaban J connectivity index is 2.48. The number of amides is 2. The predicted octanol–water partition coefficient (Wildman–Crippen LogP) is 5.53. The second-order valence-electron chi connectivity index (χ2n) is 10.2. The van der Waals surface area contributed by atoms with E-state index in [-0.39, 0.29) is 23.6 Å². The van der Waals surface area contributed by atoms with Crippen LogP contribution in [-0.4, -0.2) is 47.5 Å². The fourth-order valence-corrected chi connectivity index (χ4v) is 3.74. The van der Waals surface area contributed by atoms with Crippen molar-refractivity contribution in [3.63, 3.8) is 0 Å². The highest BCUT2D eigenvalue weighted by atomic mass is 16.6. The van der Waals surface area contributed by atoms with Crippen LogP contribution in [0.15, 0.2) is 23.6 Å². The van der Waals surface area contributed by atoms with E-state index in [1.807, 2.05) is 13.8 Å². The maximum atomic E-state index is 13.1. The number of imide groups is 1. The van der Waals surface area contributed by atoms with Crippen molar-refractivity contribution in [1.82, 2.24) is 4.98 Å². The van der Waals surface area contributed by atoms with Crippen LogP contribution in [0.1, 0.15) is 55.4 Å². The van der Waals surface area contributed by atoms with Crippen molar-refractivity contribution < 1.29 is 19.1 Å². The van der Waals surface area contributed by atoms with Crippen LogP contribution in [0.2, 0.25) is 0 Å². The molecule has 0 radical (unpaired) electrons. The Morgan fingerprint density at radius 3 is 2.03 bits per heavy atom. The lowest BCUT2D eigenvalue weighted by Gasteiger charge is -2.41. The number of piperidine rings is 1. The third-order valence-electron chi connectivity index (χ3n) is 4.88. The average molecular weight is 447 g/mol. The number of azide groups is 1. The van der Waals surface area contributed by atoms with Gasteiger partial charge in [0, 0.05) is 30.2 Å². The van der Waals surface area contributed by atoms with Crippen molar-refractivity contribution in [2.24, 2.45) is 17.0 Å². The lowest BCUT2D eigenvalue weighted by atomic mass is 9.86. The molecule has 32 heavy (non-hydrogen) atoms. The minimum atomic E-state index is -0.842. The van der Waals surface area contributed by atoms with E-state index in [0.717, 1.165) is 4.90 Å². The van der Waals surface area contributed by atoms with Gasteiger partial charge in [0.25, 0.3) is 0 Å². The smallest absolute Gasteiger partial charge is 0.424 e. The molecule has 0 spiro atoms. The maximum absolute atomic E-state index is 13.1. The normalized spacial score (nSPS) is 21.4. The number of carbonyl (C=O) groups is 2. The second-order valence-corrected chi connectivity index (χ2v) is 10.2. The SMILES string of the molecule is C[C@@H]1CN(c2ccncc2N(C(=O)OC(C)(C)C)C(=O)OC(C)(C)C)C[C@H](C)[C@@H]1N=[N+]=[N-]. The molecule has 2 heterocycles. The van der Waals surface area contributed by atoms with Crippen molar-refractivity contribution >= 4 is 23.6 Å². The van der Waals surface area contributed by atoms with Crippen molar-refractivity contribution in [2.45, 2.75) is 72.6 Å². The first-order chi connectivity index (χ1) is 14.7. The van der Waals surface area contributed by atoms with Gasteiger partial charge in [-0.1, -0.05) is 19.0 Å². The molecule has 0 N–H and O–H groups in total. The van der Waals surface area contributed by atoms with Gasteiger partial charge in [0.15, 0.2) is 0 Å². The number of aromatic nitrogens is 1. The minimum Gasteiger partial charge on any atom is -0.443 e. The second kappa shape index (κ2) is 9.65. The number of hydrogen-bond donors (Lipinski definition) is 0. The molecule has 0 unspecified atom stereocenters. The predicted molar refractivity (Wildman–Crippen MR) is 123 cm³/mol. The Labute approximate surface area is 189 Å². The number of nitrogens with zero attached hydrogens (tertiary/aromatic N) is 6. The Kier molecular flexibility index (Phi) is 7.62. The fourth-order valence-electron chi connectivity index (χ4n) is 3.74. The van der Waals surface area contributed by atoms with Crippen LogP contribution in [0.3, 0.4) is 0 Å². The van der Waals surface area contributed by atoms with E-state index in [1.54, 1.807) is 53.8 Å². The highest BCUT2D eigenvalue weighted by Gasteiger charge is 2.37. The van der Waals surface area contributed by atoms with E-state index in [1.165, 1.54) is 6.20 Å². The summed E-state index contributed by atoms with van der Waals surface area (Å²) in [5.41, 5.74) is 8.19. The van der Waals surface area contributed by atoms with Crippen LogP contribution in [-0.2, 0) is 9.47 Å². The molecular formula is C22H34N6O4. The summed E-state index contributed by atoms with van der Waals surface area (Å²) < 4.78 is 11.0. The molecule has 0 aromatic carbocycles. The van der Waals surface area contributed by atoms with Gasteiger partial charge in [-0.25, -0.2) is 9.59 Å². The Morgan fingerprint density at radius 1 is 1.09 bits per heavy atom. The third-order valence-corrected chi connectivity index (χ3v) is 4.88. The molecule has 1 aliphatic rings. The highest BCUT2D eigenvalue weighted by molar-refractivity contribution is 6.11. The molecule has 0 aliphatic carbocycles. The van der Waals surface area contributed by atoms with Gasteiger partial charge in [0.2, 0.25) is 0 Å². The standard InChI is InChI=1S/C22H34N6O4/c1-14-12-27(13-15(2)18(14)25-26-23)16-9-10-24-11-17(16)28(19(29)31-21(3,4)5)20(30)32-22(6,7)8/h9-11,14-15,18H,12-13H2,1-8H3/t14-,15+,18-. The topological polar surface area (TPSA) is 121 Å². The lowest BCUT2D eigenvalue weighted by molar-refractivity contribution is 0.0430. The first kappa shape index (κ1) is 25.3. The first-order valence-corrected chi connectivity index (χ1v) is 10.7. The first-order valence-electron chi connectivity index (χ1n) is 10.7. The van der Waals surface area contributed by atoms with Crippen LogP contribution in [0.4, 0.5) is 21.0 Å². The van der Waals surface area contributed by atoms with E-state index < -0.39 is 23.4 Å². The van der Waals surface area contributed by atoms with Crippen LogP contribution < -0.4 is 9.80 Å². The minimum absolute atomic E-state index is 0.0761. The van der Waals surface area contributed by atoms with Gasteiger partial charge in [0.05, 0.1) is 11.9 Å². The van der Waals surface area contributed by atoms with Gasteiger partial charge in [0.1, 0.15) is 16.9 Å². The zero-order chi connectivity index (χ0) is 24.3. The number of carbonyl (C=O) groups excluding carboxylic acids is 2. The lowest BCUT2D eigenvalue weighted by Crippen LogP contribution is -2.48. The number of ether oxygens (including phenoxy) is 2. The Morgan fingerprint density at radius 2 is 1.59 bits per heavy atom. The van der Waals surface area contributed by atoms with Gasteiger partial charge in [-0.15, -0.1) is 0 Å². The summed E-state index contributed by atoms with van der Waals surface area (Å²) >= 11 is 0. The largest absolute Gasteiger partial charge is 0.443 e. The molecule has 176 valence electrons. The van der Waals surface area contributed by atoms with E-state index >= 15 is 0 Å². The van der Waals surface area contributed by atoms with Gasteiger partial charge in [-0.05, 0) is 65.0 Å². The van der Waals surface area contributed by atoms with E-state index in [2.05, 4.69) is 19.9 Å². The van der Waals surface area contributed by atoms with Crippen LogP contribution in [0.5, 0.6) is 0 Å². The molecule has 1 aromatic rings. The molecular weight excluding hydrogens is 412 g/mol. The Bertz CT molecular complexity index is 845. The average Bonchev–Trinajstić information content (AvgIpc) is 2.62. The van der Waals surface area contributed by atoms with Gasteiger partial charge in [-0.2, -0.15) is 4.90 Å². The van der Waals surface area contributed by atoms with Crippen LogP contribution in [0, 0.1) is 11.8 Å². The number of rotatable bonds is 3. The quantitative estimate of drug-likeness (QED) is 0.342. The molecule has 0 bridgehead atoms. The molecule has 3 atom stereocenters. The molecule has 2 amide bonds. The Hall–Kier alpha value is -3.00. The van der Waals surface area contributed by atoms with Gasteiger partial charge >= 0.3 is 12.2 Å². The molecule has 0 saturated carbocycles. The zero-order valence-electron chi connectivity index (χ0n) is 20.2. The summed E-state index contributed by atoms with van der Waals surface area (Å²) in [6, 6.07) is 1.62. The van der Waals surface area contributed by atoms with Crippen LogP contribution >= 0.6 is 0 Å². The van der Waals surface area contributed by atoms with Crippen molar-refractivity contribution in [3.05, 3.63) is 28.9 Å². The van der Waals surface area contributed by atoms with Gasteiger partial charge in [-0.3, -0.25) is 4.98 Å².